The molecule has 0 amide bonds. The van der Waals surface area contributed by atoms with E-state index >= 15 is 0 Å². The summed E-state index contributed by atoms with van der Waals surface area (Å²) in [6, 6.07) is 4.80. The van der Waals surface area contributed by atoms with E-state index in [2.05, 4.69) is 33.2 Å². The number of nitrogens with zero attached hydrogens (tertiary/aromatic N) is 2. The molecule has 0 atom stereocenters. The highest BCUT2D eigenvalue weighted by atomic mass is 79.9. The lowest BCUT2D eigenvalue weighted by Crippen LogP contribution is -2.02. The highest BCUT2D eigenvalue weighted by molar-refractivity contribution is 9.10. The van der Waals surface area contributed by atoms with E-state index < -0.39 is 0 Å². The summed E-state index contributed by atoms with van der Waals surface area (Å²) in [5.41, 5.74) is 0.807. The van der Waals surface area contributed by atoms with Gasteiger partial charge in [0.2, 0.25) is 5.95 Å². The Hall–Kier alpha value is -1.36. The molecule has 90 valence electrons. The first-order chi connectivity index (χ1) is 8.20. The van der Waals surface area contributed by atoms with Crippen LogP contribution in [0.15, 0.2) is 35.1 Å². The van der Waals surface area contributed by atoms with Crippen LogP contribution in [0.1, 0.15) is 13.3 Å². The molecule has 2 rings (SSSR count). The van der Waals surface area contributed by atoms with Gasteiger partial charge in [-0.25, -0.2) is 9.37 Å². The number of benzene rings is 1. The molecule has 0 saturated heterocycles. The van der Waals surface area contributed by atoms with Gasteiger partial charge in [0, 0.05) is 24.6 Å². The van der Waals surface area contributed by atoms with Crippen molar-refractivity contribution in [2.45, 2.75) is 19.9 Å². The maximum atomic E-state index is 13.1. The summed E-state index contributed by atoms with van der Waals surface area (Å²) in [5, 5.41) is 3.16. The van der Waals surface area contributed by atoms with Crippen LogP contribution in [0, 0.1) is 5.82 Å². The van der Waals surface area contributed by atoms with E-state index in [1.165, 1.54) is 6.07 Å². The Bertz CT molecular complexity index is 510. The molecule has 1 N–H and O–H groups in total. The highest BCUT2D eigenvalue weighted by Gasteiger charge is 2.04. The molecule has 0 radical (unpaired) electrons. The lowest BCUT2D eigenvalue weighted by atomic mass is 10.3. The molecule has 1 aromatic carbocycles. The largest absolute Gasteiger partial charge is 0.326 e. The topological polar surface area (TPSA) is 29.9 Å². The van der Waals surface area contributed by atoms with Crippen LogP contribution in [0.3, 0.4) is 0 Å². The van der Waals surface area contributed by atoms with Crippen LogP contribution >= 0.6 is 15.9 Å². The van der Waals surface area contributed by atoms with Crippen molar-refractivity contribution in [3.05, 3.63) is 40.9 Å². The maximum absolute atomic E-state index is 13.1. The number of halogens is 2. The summed E-state index contributed by atoms with van der Waals surface area (Å²) >= 11 is 3.16. The van der Waals surface area contributed by atoms with Gasteiger partial charge in [-0.15, -0.1) is 0 Å². The van der Waals surface area contributed by atoms with E-state index in [-0.39, 0.29) is 5.82 Å². The minimum atomic E-state index is -0.271. The number of imidazole rings is 1. The van der Waals surface area contributed by atoms with Gasteiger partial charge in [-0.3, -0.25) is 0 Å². The number of anilines is 2. The van der Waals surface area contributed by atoms with Crippen molar-refractivity contribution in [1.82, 2.24) is 9.55 Å². The fraction of sp³-hybridized carbons (Fsp3) is 0.250. The first-order valence-corrected chi connectivity index (χ1v) is 6.23. The average Bonchev–Trinajstić information content (AvgIpc) is 2.72. The molecule has 0 unspecified atom stereocenters. The standard InChI is InChI=1S/C12H13BrFN3/c1-2-6-17-7-5-15-12(17)16-9-3-4-11(14)10(13)8-9/h3-5,7-8H,2,6H2,1H3,(H,15,16). The first-order valence-electron chi connectivity index (χ1n) is 5.44. The van der Waals surface area contributed by atoms with E-state index in [1.807, 2.05) is 10.8 Å². The van der Waals surface area contributed by atoms with Gasteiger partial charge >= 0.3 is 0 Å². The van der Waals surface area contributed by atoms with Gasteiger partial charge in [-0.2, -0.15) is 0 Å². The number of hydrogen-bond donors (Lipinski definition) is 1. The number of aryl methyl sites for hydroxylation is 1. The summed E-state index contributed by atoms with van der Waals surface area (Å²) < 4.78 is 15.5. The summed E-state index contributed by atoms with van der Waals surface area (Å²) in [4.78, 5) is 4.22. The van der Waals surface area contributed by atoms with Crippen molar-refractivity contribution in [3.8, 4) is 0 Å². The molecule has 0 saturated carbocycles. The highest BCUT2D eigenvalue weighted by Crippen LogP contribution is 2.22. The van der Waals surface area contributed by atoms with E-state index in [0.717, 1.165) is 24.6 Å². The molecule has 0 aliphatic carbocycles. The Labute approximate surface area is 108 Å². The van der Waals surface area contributed by atoms with Crippen molar-refractivity contribution in [2.75, 3.05) is 5.32 Å². The fourth-order valence-corrected chi connectivity index (χ4v) is 1.94. The molecule has 0 aliphatic rings. The third kappa shape index (κ3) is 2.85. The van der Waals surface area contributed by atoms with Gasteiger partial charge in [0.25, 0.3) is 0 Å². The SMILES string of the molecule is CCCn1ccnc1Nc1ccc(F)c(Br)c1. The fourth-order valence-electron chi connectivity index (χ4n) is 1.56. The van der Waals surface area contributed by atoms with Crippen molar-refractivity contribution in [1.29, 1.82) is 0 Å². The Balaban J connectivity index is 2.19. The predicted molar refractivity (Wildman–Crippen MR) is 69.9 cm³/mol. The van der Waals surface area contributed by atoms with Crippen LogP contribution in [-0.4, -0.2) is 9.55 Å². The first kappa shape index (κ1) is 12.1. The van der Waals surface area contributed by atoms with E-state index in [4.69, 9.17) is 0 Å². The van der Waals surface area contributed by atoms with Gasteiger partial charge in [0.1, 0.15) is 5.82 Å². The van der Waals surface area contributed by atoms with Crippen LogP contribution in [0.25, 0.3) is 0 Å². The second kappa shape index (κ2) is 5.31. The zero-order valence-corrected chi connectivity index (χ0v) is 11.0. The minimum Gasteiger partial charge on any atom is -0.326 e. The van der Waals surface area contributed by atoms with Crippen LogP contribution in [0.4, 0.5) is 16.0 Å². The van der Waals surface area contributed by atoms with Gasteiger partial charge in [-0.05, 0) is 40.5 Å². The van der Waals surface area contributed by atoms with E-state index in [0.29, 0.717) is 4.47 Å². The lowest BCUT2D eigenvalue weighted by molar-refractivity contribution is 0.621. The van der Waals surface area contributed by atoms with Crippen molar-refractivity contribution in [2.24, 2.45) is 0 Å². The normalized spacial score (nSPS) is 10.5. The second-order valence-corrected chi connectivity index (χ2v) is 4.55. The molecular weight excluding hydrogens is 285 g/mol. The van der Waals surface area contributed by atoms with Crippen molar-refractivity contribution >= 4 is 27.6 Å². The van der Waals surface area contributed by atoms with Gasteiger partial charge in [0.05, 0.1) is 4.47 Å². The third-order valence-electron chi connectivity index (χ3n) is 2.36. The molecule has 3 nitrogen and oxygen atoms in total. The average molecular weight is 298 g/mol. The summed E-state index contributed by atoms with van der Waals surface area (Å²) in [5.74, 6) is 0.498. The number of hydrogen-bond acceptors (Lipinski definition) is 2. The molecule has 1 heterocycles. The number of aromatic nitrogens is 2. The Morgan fingerprint density at radius 3 is 3.00 bits per heavy atom. The number of nitrogens with one attached hydrogen (secondary N) is 1. The van der Waals surface area contributed by atoms with Gasteiger partial charge in [-0.1, -0.05) is 6.92 Å². The molecule has 0 fully saturated rings. The Morgan fingerprint density at radius 2 is 2.29 bits per heavy atom. The van der Waals surface area contributed by atoms with E-state index in [9.17, 15) is 4.39 Å². The number of rotatable bonds is 4. The Morgan fingerprint density at radius 1 is 1.47 bits per heavy atom. The van der Waals surface area contributed by atoms with Gasteiger partial charge < -0.3 is 9.88 Å². The van der Waals surface area contributed by atoms with Crippen LogP contribution < -0.4 is 5.32 Å². The summed E-state index contributed by atoms with van der Waals surface area (Å²) in [6.45, 7) is 3.02. The zero-order valence-electron chi connectivity index (χ0n) is 9.45. The maximum Gasteiger partial charge on any atom is 0.207 e. The van der Waals surface area contributed by atoms with Crippen LogP contribution in [-0.2, 0) is 6.54 Å². The molecule has 17 heavy (non-hydrogen) atoms. The molecule has 0 bridgehead atoms. The van der Waals surface area contributed by atoms with Crippen molar-refractivity contribution in [3.63, 3.8) is 0 Å². The minimum absolute atomic E-state index is 0.271. The smallest absolute Gasteiger partial charge is 0.207 e. The molecule has 0 aliphatic heterocycles. The zero-order chi connectivity index (χ0) is 12.3. The summed E-state index contributed by atoms with van der Waals surface area (Å²) in [7, 11) is 0. The molecular formula is C12H13BrFN3. The monoisotopic (exact) mass is 297 g/mol. The van der Waals surface area contributed by atoms with Gasteiger partial charge in [0.15, 0.2) is 0 Å². The molecule has 2 aromatic rings. The molecule has 0 spiro atoms. The van der Waals surface area contributed by atoms with Crippen LogP contribution in [0.5, 0.6) is 0 Å². The summed E-state index contributed by atoms with van der Waals surface area (Å²) in [6.07, 6.45) is 4.71. The van der Waals surface area contributed by atoms with E-state index in [1.54, 1.807) is 18.3 Å². The quantitative estimate of drug-likeness (QED) is 0.926. The third-order valence-corrected chi connectivity index (χ3v) is 2.96. The molecule has 1 aromatic heterocycles. The van der Waals surface area contributed by atoms with Crippen LogP contribution in [0.2, 0.25) is 0 Å². The second-order valence-electron chi connectivity index (χ2n) is 3.70. The predicted octanol–water partition coefficient (Wildman–Crippen LogP) is 3.94. The lowest BCUT2D eigenvalue weighted by Gasteiger charge is -2.09. The molecule has 5 heteroatoms. The Kier molecular flexibility index (Phi) is 3.78. The van der Waals surface area contributed by atoms with Crippen molar-refractivity contribution < 1.29 is 4.39 Å².